The Hall–Kier alpha value is -2.89. The van der Waals surface area contributed by atoms with Crippen molar-refractivity contribution >= 4 is 11.8 Å². The van der Waals surface area contributed by atoms with Crippen LogP contribution in [-0.4, -0.2) is 34.9 Å². The summed E-state index contributed by atoms with van der Waals surface area (Å²) in [6.07, 6.45) is 0. The van der Waals surface area contributed by atoms with Crippen molar-refractivity contribution in [1.29, 1.82) is 0 Å². The third-order valence-corrected chi connectivity index (χ3v) is 4.87. The van der Waals surface area contributed by atoms with Crippen LogP contribution >= 0.6 is 0 Å². The van der Waals surface area contributed by atoms with Gasteiger partial charge in [-0.05, 0) is 57.4 Å². The molecule has 2 rings (SSSR count). The normalized spacial score (nSPS) is 12.4. The van der Waals surface area contributed by atoms with Gasteiger partial charge in [0.05, 0.1) is 0 Å². The molecule has 0 spiro atoms. The van der Waals surface area contributed by atoms with Crippen molar-refractivity contribution in [3.05, 3.63) is 65.5 Å². The molecule has 0 fully saturated rings. The lowest BCUT2D eigenvalue weighted by atomic mass is 10.0. The number of amides is 2. The van der Waals surface area contributed by atoms with Crippen molar-refractivity contribution < 1.29 is 18.7 Å². The van der Waals surface area contributed by atoms with E-state index in [1.165, 1.54) is 16.5 Å². The van der Waals surface area contributed by atoms with Crippen LogP contribution in [0.2, 0.25) is 0 Å². The van der Waals surface area contributed by atoms with Crippen LogP contribution in [0.4, 0.5) is 4.39 Å². The van der Waals surface area contributed by atoms with Gasteiger partial charge in [-0.3, -0.25) is 9.59 Å². The third kappa shape index (κ3) is 7.39. The number of nitrogens with one attached hydrogen (secondary N) is 1. The van der Waals surface area contributed by atoms with Crippen molar-refractivity contribution in [2.45, 2.75) is 65.6 Å². The maximum absolute atomic E-state index is 14.2. The smallest absolute Gasteiger partial charge is 0.261 e. The average molecular weight is 429 g/mol. The molecule has 6 heteroatoms. The van der Waals surface area contributed by atoms with Gasteiger partial charge in [0.15, 0.2) is 6.61 Å². The molecular formula is C25H33FN2O3. The number of ether oxygens (including phenoxy) is 1. The molecule has 0 bridgehead atoms. The van der Waals surface area contributed by atoms with Gasteiger partial charge >= 0.3 is 0 Å². The van der Waals surface area contributed by atoms with E-state index in [-0.39, 0.29) is 19.1 Å². The summed E-state index contributed by atoms with van der Waals surface area (Å²) in [6, 6.07) is 13.0. The first-order valence-corrected chi connectivity index (χ1v) is 10.6. The van der Waals surface area contributed by atoms with Crippen LogP contribution in [0.5, 0.6) is 5.75 Å². The molecule has 0 aromatic heterocycles. The molecule has 0 saturated carbocycles. The number of halogens is 1. The summed E-state index contributed by atoms with van der Waals surface area (Å²) in [5.74, 6) is -0.162. The number of carbonyl (C=O) groups is 2. The van der Waals surface area contributed by atoms with Crippen LogP contribution in [0.25, 0.3) is 0 Å². The molecule has 1 atom stereocenters. The second kappa shape index (κ2) is 10.4. The summed E-state index contributed by atoms with van der Waals surface area (Å²) in [5.41, 5.74) is 1.06. The molecule has 0 aliphatic rings. The molecule has 1 N–H and O–H groups in total. The van der Waals surface area contributed by atoms with Gasteiger partial charge in [-0.25, -0.2) is 4.39 Å². The van der Waals surface area contributed by atoms with Crippen molar-refractivity contribution in [3.63, 3.8) is 0 Å². The van der Waals surface area contributed by atoms with Gasteiger partial charge in [-0.15, -0.1) is 0 Å². The largest absolute Gasteiger partial charge is 0.484 e. The molecule has 2 aromatic carbocycles. The Bertz CT molecular complexity index is 888. The molecule has 2 amide bonds. The van der Waals surface area contributed by atoms with Gasteiger partial charge in [0, 0.05) is 17.6 Å². The van der Waals surface area contributed by atoms with E-state index in [2.05, 4.69) is 19.2 Å². The number of carbonyl (C=O) groups excluding carboxylic acids is 2. The summed E-state index contributed by atoms with van der Waals surface area (Å²) in [7, 11) is 0. The van der Waals surface area contributed by atoms with Gasteiger partial charge in [-0.1, -0.05) is 44.2 Å². The highest BCUT2D eigenvalue weighted by Gasteiger charge is 2.29. The van der Waals surface area contributed by atoms with Crippen molar-refractivity contribution in [3.8, 4) is 5.75 Å². The van der Waals surface area contributed by atoms with E-state index < -0.39 is 23.3 Å². The zero-order valence-electron chi connectivity index (χ0n) is 19.2. The van der Waals surface area contributed by atoms with Crippen LogP contribution in [0.15, 0.2) is 48.5 Å². The Morgan fingerprint density at radius 1 is 1.03 bits per heavy atom. The van der Waals surface area contributed by atoms with E-state index >= 15 is 0 Å². The predicted molar refractivity (Wildman–Crippen MR) is 120 cm³/mol. The molecule has 5 nitrogen and oxygen atoms in total. The Labute approximate surface area is 184 Å². The summed E-state index contributed by atoms with van der Waals surface area (Å²) in [4.78, 5) is 27.1. The minimum Gasteiger partial charge on any atom is -0.484 e. The van der Waals surface area contributed by atoms with E-state index in [1.54, 1.807) is 25.1 Å². The highest BCUT2D eigenvalue weighted by molar-refractivity contribution is 5.88. The fourth-order valence-corrected chi connectivity index (χ4v) is 3.04. The molecule has 2 aromatic rings. The maximum atomic E-state index is 14.2. The number of hydrogen-bond acceptors (Lipinski definition) is 3. The summed E-state index contributed by atoms with van der Waals surface area (Å²) < 4.78 is 19.9. The maximum Gasteiger partial charge on any atom is 0.261 e. The number of hydrogen-bond donors (Lipinski definition) is 1. The SMILES string of the molecule is CC(C)c1ccc(OCC(=O)N(Cc2ccccc2F)C(C)C(=O)NC(C)(C)C)cc1. The second-order valence-corrected chi connectivity index (χ2v) is 9.04. The molecule has 0 aliphatic carbocycles. The molecule has 0 saturated heterocycles. The molecule has 1 unspecified atom stereocenters. The Balaban J connectivity index is 2.16. The molecular weight excluding hydrogens is 395 g/mol. The molecule has 31 heavy (non-hydrogen) atoms. The lowest BCUT2D eigenvalue weighted by Gasteiger charge is -2.31. The quantitative estimate of drug-likeness (QED) is 0.665. The standard InChI is InChI=1S/C25H33FN2O3/c1-17(2)19-11-13-21(14-12-19)31-16-23(29)28(15-20-9-7-8-10-22(20)26)18(3)24(30)27-25(4,5)6/h7-14,17-18H,15-16H2,1-6H3,(H,27,30). The van der Waals surface area contributed by atoms with Gasteiger partial charge in [0.25, 0.3) is 5.91 Å². The monoisotopic (exact) mass is 428 g/mol. The molecule has 168 valence electrons. The van der Waals surface area contributed by atoms with Crippen molar-refractivity contribution in [2.75, 3.05) is 6.61 Å². The fourth-order valence-electron chi connectivity index (χ4n) is 3.04. The first-order valence-electron chi connectivity index (χ1n) is 10.6. The van der Waals surface area contributed by atoms with Crippen LogP contribution in [0.3, 0.4) is 0 Å². The van der Waals surface area contributed by atoms with Crippen LogP contribution < -0.4 is 10.1 Å². The average Bonchev–Trinajstić information content (AvgIpc) is 2.70. The zero-order valence-corrected chi connectivity index (χ0v) is 19.2. The van der Waals surface area contributed by atoms with E-state index in [0.29, 0.717) is 17.2 Å². The highest BCUT2D eigenvalue weighted by Crippen LogP contribution is 2.19. The van der Waals surface area contributed by atoms with Gasteiger partial charge in [-0.2, -0.15) is 0 Å². The second-order valence-electron chi connectivity index (χ2n) is 9.04. The topological polar surface area (TPSA) is 58.6 Å². The number of benzene rings is 2. The number of rotatable bonds is 8. The van der Waals surface area contributed by atoms with E-state index in [9.17, 15) is 14.0 Å². The van der Waals surface area contributed by atoms with Crippen molar-refractivity contribution in [2.24, 2.45) is 0 Å². The lowest BCUT2D eigenvalue weighted by molar-refractivity contribution is -0.142. The first-order chi connectivity index (χ1) is 14.5. The lowest BCUT2D eigenvalue weighted by Crippen LogP contribution is -2.53. The Kier molecular flexibility index (Phi) is 8.20. The molecule has 0 radical (unpaired) electrons. The summed E-state index contributed by atoms with van der Waals surface area (Å²) in [5, 5.41) is 2.88. The van der Waals surface area contributed by atoms with E-state index in [4.69, 9.17) is 4.74 Å². The minimum absolute atomic E-state index is 0.0279. The van der Waals surface area contributed by atoms with Crippen LogP contribution in [0, 0.1) is 5.82 Å². The zero-order chi connectivity index (χ0) is 23.2. The van der Waals surface area contributed by atoms with Gasteiger partial charge < -0.3 is 15.0 Å². The Morgan fingerprint density at radius 3 is 2.19 bits per heavy atom. The molecule has 0 heterocycles. The van der Waals surface area contributed by atoms with E-state index in [1.807, 2.05) is 45.0 Å². The first kappa shape index (κ1) is 24.4. The van der Waals surface area contributed by atoms with Crippen LogP contribution in [0.1, 0.15) is 58.6 Å². The van der Waals surface area contributed by atoms with E-state index in [0.717, 1.165) is 0 Å². The Morgan fingerprint density at radius 2 is 1.65 bits per heavy atom. The highest BCUT2D eigenvalue weighted by atomic mass is 19.1. The van der Waals surface area contributed by atoms with Gasteiger partial charge in [0.2, 0.25) is 5.91 Å². The molecule has 0 aliphatic heterocycles. The predicted octanol–water partition coefficient (Wildman–Crippen LogP) is 4.66. The third-order valence-electron chi connectivity index (χ3n) is 4.87. The summed E-state index contributed by atoms with van der Waals surface area (Å²) >= 11 is 0. The fraction of sp³-hybridized carbons (Fsp3) is 0.440. The van der Waals surface area contributed by atoms with Crippen LogP contribution in [-0.2, 0) is 16.1 Å². The minimum atomic E-state index is -0.793. The van der Waals surface area contributed by atoms with Crippen molar-refractivity contribution in [1.82, 2.24) is 10.2 Å². The number of nitrogens with zero attached hydrogens (tertiary/aromatic N) is 1. The summed E-state index contributed by atoms with van der Waals surface area (Å²) in [6.45, 7) is 11.2. The van der Waals surface area contributed by atoms with Gasteiger partial charge in [0.1, 0.15) is 17.6 Å².